The van der Waals surface area contributed by atoms with Gasteiger partial charge < -0.3 is 14.4 Å². The van der Waals surface area contributed by atoms with Crippen LogP contribution in [0.5, 0.6) is 0 Å². The first-order chi connectivity index (χ1) is 9.63. The molecule has 0 radical (unpaired) electrons. The summed E-state index contributed by atoms with van der Waals surface area (Å²) in [6.07, 6.45) is 2.05. The minimum Gasteiger partial charge on any atom is -0.477 e. The third-order valence-corrected chi connectivity index (χ3v) is 4.45. The molecule has 1 rings (SSSR count). The number of aromatic carboxylic acids is 1. The molecule has 0 fully saturated rings. The van der Waals surface area contributed by atoms with Crippen molar-refractivity contribution in [3.63, 3.8) is 0 Å². The maximum atomic E-state index is 12.3. The number of ether oxygens (including phenoxy) is 1. The minimum atomic E-state index is -3.81. The lowest BCUT2D eigenvalue weighted by molar-refractivity contribution is 0.0685. The maximum Gasteiger partial charge on any atom is 0.352 e. The Morgan fingerprint density at radius 3 is 2.57 bits per heavy atom. The van der Waals surface area contributed by atoms with Crippen molar-refractivity contribution in [2.45, 2.75) is 44.2 Å². The van der Waals surface area contributed by atoms with Crippen LogP contribution in [0.1, 0.15) is 37.7 Å². The van der Waals surface area contributed by atoms with Crippen molar-refractivity contribution in [2.24, 2.45) is 0 Å². The molecule has 7 nitrogen and oxygen atoms in total. The van der Waals surface area contributed by atoms with Crippen molar-refractivity contribution >= 4 is 16.0 Å². The summed E-state index contributed by atoms with van der Waals surface area (Å²) in [6, 6.07) is 1.17. The average Bonchev–Trinajstić information content (AvgIpc) is 2.72. The molecule has 0 aliphatic carbocycles. The fraction of sp³-hybridized carbons (Fsp3) is 0.615. The van der Waals surface area contributed by atoms with E-state index in [4.69, 9.17) is 9.84 Å². The number of hydrogen-bond acceptors (Lipinski definition) is 4. The number of hydrogen-bond donors (Lipinski definition) is 2. The third-order valence-electron chi connectivity index (χ3n) is 2.78. The van der Waals surface area contributed by atoms with Gasteiger partial charge in [-0.3, -0.25) is 0 Å². The van der Waals surface area contributed by atoms with Gasteiger partial charge in [0.05, 0.1) is 12.1 Å². The summed E-state index contributed by atoms with van der Waals surface area (Å²) in [5.74, 6) is -1.15. The average molecular weight is 318 g/mol. The fourth-order valence-corrected chi connectivity index (χ4v) is 3.49. The summed E-state index contributed by atoms with van der Waals surface area (Å²) in [5.41, 5.74) is -0.828. The van der Waals surface area contributed by atoms with Crippen LogP contribution >= 0.6 is 0 Å². The lowest BCUT2D eigenvalue weighted by atomic mass is 10.1. The Labute approximate surface area is 125 Å². The van der Waals surface area contributed by atoms with Crippen LogP contribution in [0, 0.1) is 0 Å². The summed E-state index contributed by atoms with van der Waals surface area (Å²) in [5, 5.41) is 9.13. The fourth-order valence-electron chi connectivity index (χ4n) is 2.05. The van der Waals surface area contributed by atoms with Crippen LogP contribution in [0.25, 0.3) is 0 Å². The number of carbonyl (C=O) groups is 1. The van der Waals surface area contributed by atoms with Crippen LogP contribution in [0.2, 0.25) is 0 Å². The van der Waals surface area contributed by atoms with Crippen LogP contribution in [0.3, 0.4) is 0 Å². The van der Waals surface area contributed by atoms with Gasteiger partial charge in [-0.1, -0.05) is 6.92 Å². The first kappa shape index (κ1) is 17.7. The number of nitrogens with zero attached hydrogens (tertiary/aromatic N) is 1. The molecule has 0 amide bonds. The largest absolute Gasteiger partial charge is 0.477 e. The number of carboxylic acids is 1. The van der Waals surface area contributed by atoms with Gasteiger partial charge in [0.2, 0.25) is 10.0 Å². The van der Waals surface area contributed by atoms with Crippen LogP contribution in [-0.4, -0.2) is 43.3 Å². The van der Waals surface area contributed by atoms with E-state index in [0.29, 0.717) is 13.0 Å². The van der Waals surface area contributed by atoms with Crippen molar-refractivity contribution in [1.29, 1.82) is 0 Å². The molecular formula is C13H22N2O5S. The van der Waals surface area contributed by atoms with Crippen molar-refractivity contribution < 1.29 is 23.1 Å². The quantitative estimate of drug-likeness (QED) is 0.753. The number of aromatic nitrogens is 1. The Kier molecular flexibility index (Phi) is 5.54. The van der Waals surface area contributed by atoms with E-state index < -0.39 is 21.5 Å². The Balaban J connectivity index is 3.14. The van der Waals surface area contributed by atoms with Gasteiger partial charge in [-0.15, -0.1) is 0 Å². The Morgan fingerprint density at radius 2 is 2.10 bits per heavy atom. The van der Waals surface area contributed by atoms with Crippen molar-refractivity contribution in [3.8, 4) is 0 Å². The van der Waals surface area contributed by atoms with Crippen molar-refractivity contribution in [1.82, 2.24) is 9.29 Å². The smallest absolute Gasteiger partial charge is 0.352 e. The molecule has 0 aromatic carbocycles. The summed E-state index contributed by atoms with van der Waals surface area (Å²) < 4.78 is 33.6. The molecular weight excluding hydrogens is 296 g/mol. The van der Waals surface area contributed by atoms with Gasteiger partial charge >= 0.3 is 5.97 Å². The molecule has 0 aliphatic rings. The zero-order valence-corrected chi connectivity index (χ0v) is 13.5. The van der Waals surface area contributed by atoms with Gasteiger partial charge in [0.1, 0.15) is 10.6 Å². The summed E-state index contributed by atoms with van der Waals surface area (Å²) in [4.78, 5) is 11.1. The Bertz CT molecular complexity index is 604. The topological polar surface area (TPSA) is 97.6 Å². The van der Waals surface area contributed by atoms with Crippen LogP contribution < -0.4 is 4.72 Å². The number of nitrogens with one attached hydrogen (secondary N) is 1. The van der Waals surface area contributed by atoms with Gasteiger partial charge in [0.15, 0.2) is 0 Å². The first-order valence-electron chi connectivity index (χ1n) is 6.59. The number of carboxylic acid groups (broad SMARTS) is 1. The van der Waals surface area contributed by atoms with E-state index in [0.717, 1.165) is 0 Å². The van der Waals surface area contributed by atoms with E-state index in [9.17, 15) is 13.2 Å². The molecule has 1 aromatic heterocycles. The van der Waals surface area contributed by atoms with E-state index in [1.165, 1.54) is 23.9 Å². The minimum absolute atomic E-state index is 0.0400. The second-order valence-electron chi connectivity index (χ2n) is 5.48. The monoisotopic (exact) mass is 318 g/mol. The molecule has 0 unspecified atom stereocenters. The van der Waals surface area contributed by atoms with Gasteiger partial charge in [0, 0.05) is 19.9 Å². The standard InChI is InChI=1S/C13H22N2O5S/c1-5-6-15-8-10(7-11(15)12(16)17)21(18,19)14-13(2,3)9-20-4/h7-8,14H,5-6,9H2,1-4H3,(H,16,17). The van der Waals surface area contributed by atoms with Gasteiger partial charge in [-0.25, -0.2) is 17.9 Å². The van der Waals surface area contributed by atoms with Gasteiger partial charge in [0.25, 0.3) is 0 Å². The van der Waals surface area contributed by atoms with Crippen LogP contribution in [0.15, 0.2) is 17.2 Å². The number of aryl methyl sites for hydroxylation is 1. The van der Waals surface area contributed by atoms with Gasteiger partial charge in [-0.05, 0) is 26.3 Å². The lowest BCUT2D eigenvalue weighted by Gasteiger charge is -2.24. The van der Waals surface area contributed by atoms with E-state index in [-0.39, 0.29) is 17.2 Å². The second-order valence-corrected chi connectivity index (χ2v) is 7.16. The van der Waals surface area contributed by atoms with Crippen LogP contribution in [0.4, 0.5) is 0 Å². The SMILES string of the molecule is CCCn1cc(S(=O)(=O)NC(C)(C)COC)cc1C(=O)O. The van der Waals surface area contributed by atoms with E-state index >= 15 is 0 Å². The summed E-state index contributed by atoms with van der Waals surface area (Å²) in [6.45, 7) is 5.91. The zero-order valence-electron chi connectivity index (χ0n) is 12.7. The maximum absolute atomic E-state index is 12.3. The molecule has 1 heterocycles. The second kappa shape index (κ2) is 6.59. The van der Waals surface area contributed by atoms with Gasteiger partial charge in [-0.2, -0.15) is 0 Å². The molecule has 0 saturated carbocycles. The highest BCUT2D eigenvalue weighted by Crippen LogP contribution is 2.18. The zero-order chi connectivity index (χ0) is 16.3. The Morgan fingerprint density at radius 1 is 1.48 bits per heavy atom. The number of rotatable bonds is 8. The molecule has 2 N–H and O–H groups in total. The van der Waals surface area contributed by atoms with Crippen molar-refractivity contribution in [2.75, 3.05) is 13.7 Å². The highest BCUT2D eigenvalue weighted by molar-refractivity contribution is 7.89. The van der Waals surface area contributed by atoms with E-state index in [2.05, 4.69) is 4.72 Å². The highest BCUT2D eigenvalue weighted by Gasteiger charge is 2.28. The third kappa shape index (κ3) is 4.55. The molecule has 0 spiro atoms. The predicted octanol–water partition coefficient (Wildman–Crippen LogP) is 1.30. The Hall–Kier alpha value is -1.38. The summed E-state index contributed by atoms with van der Waals surface area (Å²) >= 11 is 0. The highest BCUT2D eigenvalue weighted by atomic mass is 32.2. The molecule has 0 saturated heterocycles. The normalized spacial score (nSPS) is 12.6. The van der Waals surface area contributed by atoms with Crippen LogP contribution in [-0.2, 0) is 21.3 Å². The van der Waals surface area contributed by atoms with E-state index in [1.54, 1.807) is 13.8 Å². The molecule has 8 heteroatoms. The lowest BCUT2D eigenvalue weighted by Crippen LogP contribution is -2.46. The predicted molar refractivity (Wildman–Crippen MR) is 78.0 cm³/mol. The number of sulfonamides is 1. The molecule has 1 aromatic rings. The number of methoxy groups -OCH3 is 1. The molecule has 0 atom stereocenters. The molecule has 120 valence electrons. The molecule has 0 bridgehead atoms. The summed E-state index contributed by atoms with van der Waals surface area (Å²) in [7, 11) is -2.33. The van der Waals surface area contributed by atoms with E-state index in [1.807, 2.05) is 6.92 Å². The first-order valence-corrected chi connectivity index (χ1v) is 8.07. The van der Waals surface area contributed by atoms with Crippen molar-refractivity contribution in [3.05, 3.63) is 18.0 Å². The molecule has 0 aliphatic heterocycles. The molecule has 21 heavy (non-hydrogen) atoms.